The second-order valence-corrected chi connectivity index (χ2v) is 6.57. The lowest BCUT2D eigenvalue weighted by Gasteiger charge is -2.05. The molecule has 0 radical (unpaired) electrons. The van der Waals surface area contributed by atoms with Gasteiger partial charge in [0.2, 0.25) is 0 Å². The van der Waals surface area contributed by atoms with Crippen molar-refractivity contribution in [1.29, 1.82) is 5.26 Å². The van der Waals surface area contributed by atoms with Crippen molar-refractivity contribution in [3.63, 3.8) is 0 Å². The first kappa shape index (κ1) is 15.6. The normalized spacial score (nSPS) is 13.5. The lowest BCUT2D eigenvalue weighted by molar-refractivity contribution is 0.0947. The van der Waals surface area contributed by atoms with Crippen molar-refractivity contribution in [2.75, 3.05) is 12.3 Å². The van der Waals surface area contributed by atoms with E-state index >= 15 is 0 Å². The quantitative estimate of drug-likeness (QED) is 0.791. The van der Waals surface area contributed by atoms with Gasteiger partial charge in [0, 0.05) is 30.0 Å². The molecule has 6 heteroatoms. The standard InChI is InChI=1S/C17H17N3O2S/c18-10-13-3-1-2-4-14(13)11-23-8-7-19-17(21)15-9-16(22-20-15)12-5-6-12/h1-4,9,12H,5-8,11H2,(H,19,21). The van der Waals surface area contributed by atoms with Gasteiger partial charge in [-0.05, 0) is 24.5 Å². The number of amides is 1. The number of thioether (sulfide) groups is 1. The molecule has 3 rings (SSSR count). The zero-order chi connectivity index (χ0) is 16.1. The molecule has 1 aliphatic carbocycles. The monoisotopic (exact) mass is 327 g/mol. The molecule has 1 saturated carbocycles. The summed E-state index contributed by atoms with van der Waals surface area (Å²) < 4.78 is 5.17. The van der Waals surface area contributed by atoms with Crippen LogP contribution in [-0.4, -0.2) is 23.4 Å². The minimum Gasteiger partial charge on any atom is -0.360 e. The van der Waals surface area contributed by atoms with Crippen molar-refractivity contribution in [2.24, 2.45) is 0 Å². The number of rotatable bonds is 7. The number of aromatic nitrogens is 1. The summed E-state index contributed by atoms with van der Waals surface area (Å²) in [4.78, 5) is 11.9. The number of benzene rings is 1. The van der Waals surface area contributed by atoms with Crippen molar-refractivity contribution < 1.29 is 9.32 Å². The van der Waals surface area contributed by atoms with Gasteiger partial charge in [-0.2, -0.15) is 17.0 Å². The first-order chi connectivity index (χ1) is 11.3. The zero-order valence-corrected chi connectivity index (χ0v) is 13.4. The van der Waals surface area contributed by atoms with Crippen molar-refractivity contribution >= 4 is 17.7 Å². The predicted octanol–water partition coefficient (Wildman–Crippen LogP) is 3.09. The third kappa shape index (κ3) is 4.14. The number of carbonyl (C=O) groups is 1. The molecule has 1 amide bonds. The zero-order valence-electron chi connectivity index (χ0n) is 12.6. The second kappa shape index (κ2) is 7.34. The number of nitriles is 1. The number of nitrogens with one attached hydrogen (secondary N) is 1. The number of nitrogens with zero attached hydrogens (tertiary/aromatic N) is 2. The average Bonchev–Trinajstić information content (AvgIpc) is 3.31. The molecule has 1 N–H and O–H groups in total. The highest BCUT2D eigenvalue weighted by Gasteiger charge is 2.28. The maximum absolute atomic E-state index is 11.9. The molecule has 0 saturated heterocycles. The maximum Gasteiger partial charge on any atom is 0.273 e. The van der Waals surface area contributed by atoms with Crippen LogP contribution in [0.3, 0.4) is 0 Å². The fourth-order valence-corrected chi connectivity index (χ4v) is 3.08. The maximum atomic E-state index is 11.9. The summed E-state index contributed by atoms with van der Waals surface area (Å²) in [5, 5.41) is 15.7. The minimum atomic E-state index is -0.196. The molecule has 0 spiro atoms. The minimum absolute atomic E-state index is 0.196. The largest absolute Gasteiger partial charge is 0.360 e. The SMILES string of the molecule is N#Cc1ccccc1CSCCNC(=O)c1cc(C2CC2)on1. The predicted molar refractivity (Wildman–Crippen MR) is 88.1 cm³/mol. The summed E-state index contributed by atoms with van der Waals surface area (Å²) >= 11 is 1.68. The van der Waals surface area contributed by atoms with Crippen LogP contribution in [0.5, 0.6) is 0 Å². The van der Waals surface area contributed by atoms with Crippen LogP contribution in [0.1, 0.15) is 46.1 Å². The van der Waals surface area contributed by atoms with Crippen LogP contribution in [-0.2, 0) is 5.75 Å². The van der Waals surface area contributed by atoms with Crippen LogP contribution < -0.4 is 5.32 Å². The Labute approximate surface area is 139 Å². The topological polar surface area (TPSA) is 78.9 Å². The summed E-state index contributed by atoms with van der Waals surface area (Å²) in [5.41, 5.74) is 2.09. The Morgan fingerprint density at radius 3 is 3.04 bits per heavy atom. The molecule has 1 aliphatic rings. The molecule has 1 heterocycles. The van der Waals surface area contributed by atoms with Gasteiger partial charge < -0.3 is 9.84 Å². The molecule has 1 fully saturated rings. The Hall–Kier alpha value is -2.26. The van der Waals surface area contributed by atoms with E-state index in [2.05, 4.69) is 16.5 Å². The Morgan fingerprint density at radius 2 is 2.26 bits per heavy atom. The van der Waals surface area contributed by atoms with Crippen LogP contribution in [0.15, 0.2) is 34.9 Å². The lowest BCUT2D eigenvalue weighted by atomic mass is 10.1. The fourth-order valence-electron chi connectivity index (χ4n) is 2.22. The van der Waals surface area contributed by atoms with Crippen LogP contribution in [0.2, 0.25) is 0 Å². The summed E-state index contributed by atoms with van der Waals surface area (Å²) in [6, 6.07) is 11.5. The summed E-state index contributed by atoms with van der Waals surface area (Å²) in [7, 11) is 0. The fraction of sp³-hybridized carbons (Fsp3) is 0.353. The molecular formula is C17H17N3O2S. The van der Waals surface area contributed by atoms with E-state index < -0.39 is 0 Å². The summed E-state index contributed by atoms with van der Waals surface area (Å²) in [6.07, 6.45) is 2.24. The van der Waals surface area contributed by atoms with Gasteiger partial charge in [-0.1, -0.05) is 23.4 Å². The van der Waals surface area contributed by atoms with Gasteiger partial charge in [-0.25, -0.2) is 0 Å². The first-order valence-corrected chi connectivity index (χ1v) is 8.74. The van der Waals surface area contributed by atoms with Gasteiger partial charge in [0.1, 0.15) is 5.76 Å². The van der Waals surface area contributed by atoms with Crippen molar-refractivity contribution in [3.8, 4) is 6.07 Å². The van der Waals surface area contributed by atoms with E-state index in [1.54, 1.807) is 17.8 Å². The first-order valence-electron chi connectivity index (χ1n) is 7.58. The number of carbonyl (C=O) groups excluding carboxylic acids is 1. The molecule has 2 aromatic rings. The summed E-state index contributed by atoms with van der Waals surface area (Å²) in [6.45, 7) is 0.559. The molecule has 5 nitrogen and oxygen atoms in total. The van der Waals surface area contributed by atoms with Gasteiger partial charge in [0.25, 0.3) is 5.91 Å². The van der Waals surface area contributed by atoms with Crippen molar-refractivity contribution in [1.82, 2.24) is 10.5 Å². The molecular weight excluding hydrogens is 310 g/mol. The van der Waals surface area contributed by atoms with Gasteiger partial charge in [0.05, 0.1) is 11.6 Å². The highest BCUT2D eigenvalue weighted by molar-refractivity contribution is 7.98. The van der Waals surface area contributed by atoms with E-state index in [0.717, 1.165) is 35.7 Å². The Balaban J connectivity index is 1.39. The van der Waals surface area contributed by atoms with Crippen LogP contribution in [0.25, 0.3) is 0 Å². The second-order valence-electron chi connectivity index (χ2n) is 5.47. The molecule has 23 heavy (non-hydrogen) atoms. The summed E-state index contributed by atoms with van der Waals surface area (Å²) in [5.74, 6) is 2.62. The van der Waals surface area contributed by atoms with E-state index in [1.807, 2.05) is 24.3 Å². The molecule has 1 aromatic heterocycles. The number of hydrogen-bond donors (Lipinski definition) is 1. The van der Waals surface area contributed by atoms with Gasteiger partial charge in [0.15, 0.2) is 5.69 Å². The smallest absolute Gasteiger partial charge is 0.273 e. The Bertz CT molecular complexity index is 731. The van der Waals surface area contributed by atoms with Crippen molar-refractivity contribution in [2.45, 2.75) is 24.5 Å². The molecule has 0 aliphatic heterocycles. The van der Waals surface area contributed by atoms with Crippen LogP contribution >= 0.6 is 11.8 Å². The molecule has 0 bridgehead atoms. The Morgan fingerprint density at radius 1 is 1.43 bits per heavy atom. The molecule has 0 atom stereocenters. The van der Waals surface area contributed by atoms with Crippen LogP contribution in [0.4, 0.5) is 0 Å². The third-order valence-electron chi connectivity index (χ3n) is 3.67. The van der Waals surface area contributed by atoms with E-state index in [4.69, 9.17) is 9.78 Å². The highest BCUT2D eigenvalue weighted by Crippen LogP contribution is 2.40. The molecule has 0 unspecified atom stereocenters. The molecule has 118 valence electrons. The van der Waals surface area contributed by atoms with E-state index in [-0.39, 0.29) is 5.91 Å². The van der Waals surface area contributed by atoms with E-state index in [1.165, 1.54) is 0 Å². The van der Waals surface area contributed by atoms with E-state index in [0.29, 0.717) is 23.7 Å². The van der Waals surface area contributed by atoms with Crippen molar-refractivity contribution in [3.05, 3.63) is 52.9 Å². The van der Waals surface area contributed by atoms with Gasteiger partial charge >= 0.3 is 0 Å². The van der Waals surface area contributed by atoms with Crippen LogP contribution in [0, 0.1) is 11.3 Å². The molecule has 1 aromatic carbocycles. The average molecular weight is 327 g/mol. The third-order valence-corrected chi connectivity index (χ3v) is 4.68. The van der Waals surface area contributed by atoms with Gasteiger partial charge in [-0.15, -0.1) is 0 Å². The van der Waals surface area contributed by atoms with Gasteiger partial charge in [-0.3, -0.25) is 4.79 Å². The van der Waals surface area contributed by atoms with E-state index in [9.17, 15) is 4.79 Å². The Kier molecular flexibility index (Phi) is 4.99. The number of hydrogen-bond acceptors (Lipinski definition) is 5. The highest BCUT2D eigenvalue weighted by atomic mass is 32.2. The lowest BCUT2D eigenvalue weighted by Crippen LogP contribution is -2.26.